The summed E-state index contributed by atoms with van der Waals surface area (Å²) >= 11 is 0. The molecule has 0 aliphatic carbocycles. The van der Waals surface area contributed by atoms with Crippen LogP contribution in [0.5, 0.6) is 0 Å². The van der Waals surface area contributed by atoms with Crippen LogP contribution in [0.1, 0.15) is 40.2 Å². The van der Waals surface area contributed by atoms with Crippen LogP contribution in [-0.4, -0.2) is 23.6 Å². The van der Waals surface area contributed by atoms with Crippen LogP contribution in [0.25, 0.3) is 0 Å². The summed E-state index contributed by atoms with van der Waals surface area (Å²) in [6, 6.07) is 3.87. The van der Waals surface area contributed by atoms with Gasteiger partial charge in [-0.2, -0.15) is 5.26 Å². The Morgan fingerprint density at radius 1 is 1.48 bits per heavy atom. The van der Waals surface area contributed by atoms with Crippen LogP contribution in [0, 0.1) is 23.1 Å². The lowest BCUT2D eigenvalue weighted by Gasteiger charge is -2.25. The van der Waals surface area contributed by atoms with E-state index in [4.69, 9.17) is 5.26 Å². The third-order valence-corrected chi connectivity index (χ3v) is 3.16. The van der Waals surface area contributed by atoms with E-state index < -0.39 is 0 Å². The number of nitrogens with one attached hydrogen (secondary N) is 1. The van der Waals surface area contributed by atoms with Crippen molar-refractivity contribution in [2.45, 2.75) is 46.7 Å². The topological polar surface area (TPSA) is 52.0 Å². The summed E-state index contributed by atoms with van der Waals surface area (Å²) in [7, 11) is 0. The Morgan fingerprint density at radius 2 is 2.14 bits per heavy atom. The number of anilines is 1. The van der Waals surface area contributed by atoms with E-state index in [0.29, 0.717) is 31.0 Å². The first-order valence-electron chi connectivity index (χ1n) is 7.31. The first-order valence-corrected chi connectivity index (χ1v) is 7.31. The molecule has 1 rings (SSSR count). The Morgan fingerprint density at radius 3 is 2.67 bits per heavy atom. The monoisotopic (exact) mass is 292 g/mol. The summed E-state index contributed by atoms with van der Waals surface area (Å²) < 4.78 is 14.6. The largest absolute Gasteiger partial charge is 0.353 e. The van der Waals surface area contributed by atoms with Crippen molar-refractivity contribution in [3.8, 4) is 6.07 Å². The van der Waals surface area contributed by atoms with Crippen LogP contribution in [-0.2, 0) is 6.54 Å². The zero-order valence-electron chi connectivity index (χ0n) is 13.6. The lowest BCUT2D eigenvalue weighted by Crippen LogP contribution is -2.35. The lowest BCUT2D eigenvalue weighted by atomic mass is 10.1. The second-order valence-electron chi connectivity index (χ2n) is 6.28. The molecule has 1 atom stereocenters. The Bertz CT molecular complexity index is 502. The van der Waals surface area contributed by atoms with Crippen molar-refractivity contribution in [1.29, 1.82) is 5.26 Å². The summed E-state index contributed by atoms with van der Waals surface area (Å²) in [5, 5.41) is 12.2. The highest BCUT2D eigenvalue weighted by Gasteiger charge is 2.18. The maximum atomic E-state index is 14.6. The standard InChI is InChI=1S/C16H25FN4/c1-6-21(11-12(2)9-18)15-14(17)13(7-8-19-15)10-20-16(3,4)5/h7-8,12,20H,6,10-11H2,1-5H3. The van der Waals surface area contributed by atoms with Crippen molar-refractivity contribution in [2.24, 2.45) is 5.92 Å². The maximum absolute atomic E-state index is 14.6. The van der Waals surface area contributed by atoms with Gasteiger partial charge in [0.1, 0.15) is 0 Å². The number of nitrogens with zero attached hydrogens (tertiary/aromatic N) is 3. The van der Waals surface area contributed by atoms with E-state index in [1.807, 2.05) is 39.5 Å². The van der Waals surface area contributed by atoms with Crippen LogP contribution in [0.4, 0.5) is 10.2 Å². The molecule has 0 aromatic carbocycles. The summed E-state index contributed by atoms with van der Waals surface area (Å²) in [5.41, 5.74) is 0.522. The quantitative estimate of drug-likeness (QED) is 0.875. The van der Waals surface area contributed by atoms with E-state index in [1.54, 1.807) is 12.3 Å². The van der Waals surface area contributed by atoms with Gasteiger partial charge >= 0.3 is 0 Å². The molecule has 1 unspecified atom stereocenters. The molecule has 1 heterocycles. The van der Waals surface area contributed by atoms with Crippen molar-refractivity contribution in [1.82, 2.24) is 10.3 Å². The molecule has 1 N–H and O–H groups in total. The van der Waals surface area contributed by atoms with E-state index in [-0.39, 0.29) is 17.3 Å². The van der Waals surface area contributed by atoms with E-state index in [0.717, 1.165) is 0 Å². The predicted molar refractivity (Wildman–Crippen MR) is 83.5 cm³/mol. The molecule has 1 aromatic rings. The number of halogens is 1. The van der Waals surface area contributed by atoms with Crippen molar-refractivity contribution in [2.75, 3.05) is 18.0 Å². The predicted octanol–water partition coefficient (Wildman–Crippen LogP) is 3.09. The van der Waals surface area contributed by atoms with E-state index in [2.05, 4.69) is 16.4 Å². The minimum Gasteiger partial charge on any atom is -0.353 e. The minimum absolute atomic E-state index is 0.0738. The number of rotatable bonds is 6. The van der Waals surface area contributed by atoms with Crippen molar-refractivity contribution in [3.05, 3.63) is 23.6 Å². The van der Waals surface area contributed by atoms with E-state index >= 15 is 0 Å². The van der Waals surface area contributed by atoms with Gasteiger partial charge < -0.3 is 10.2 Å². The van der Waals surface area contributed by atoms with Crippen LogP contribution in [0.3, 0.4) is 0 Å². The van der Waals surface area contributed by atoms with Crippen LogP contribution < -0.4 is 10.2 Å². The van der Waals surface area contributed by atoms with Gasteiger partial charge in [0.2, 0.25) is 0 Å². The fourth-order valence-corrected chi connectivity index (χ4v) is 1.93. The first-order chi connectivity index (χ1) is 9.78. The SMILES string of the molecule is CCN(CC(C)C#N)c1nccc(CNC(C)(C)C)c1F. The molecule has 0 aliphatic heterocycles. The molecule has 0 bridgehead atoms. The smallest absolute Gasteiger partial charge is 0.170 e. The molecule has 0 fully saturated rings. The highest BCUT2D eigenvalue weighted by atomic mass is 19.1. The number of nitriles is 1. The van der Waals surface area contributed by atoms with Gasteiger partial charge in [-0.25, -0.2) is 9.37 Å². The Labute approximate surface area is 127 Å². The van der Waals surface area contributed by atoms with E-state index in [9.17, 15) is 4.39 Å². The molecule has 116 valence electrons. The molecule has 0 amide bonds. The molecule has 5 heteroatoms. The fraction of sp³-hybridized carbons (Fsp3) is 0.625. The van der Waals surface area contributed by atoms with Crippen molar-refractivity contribution < 1.29 is 4.39 Å². The highest BCUT2D eigenvalue weighted by molar-refractivity contribution is 5.43. The maximum Gasteiger partial charge on any atom is 0.170 e. The van der Waals surface area contributed by atoms with Gasteiger partial charge in [0.05, 0.1) is 12.0 Å². The van der Waals surface area contributed by atoms with Gasteiger partial charge in [-0.15, -0.1) is 0 Å². The normalized spacial score (nSPS) is 12.8. The zero-order valence-corrected chi connectivity index (χ0v) is 13.6. The molecule has 21 heavy (non-hydrogen) atoms. The summed E-state index contributed by atoms with van der Waals surface area (Å²) in [6.45, 7) is 11.4. The third-order valence-electron chi connectivity index (χ3n) is 3.16. The summed E-state index contributed by atoms with van der Waals surface area (Å²) in [6.07, 6.45) is 1.62. The number of aromatic nitrogens is 1. The molecule has 0 saturated heterocycles. The Kier molecular flexibility index (Phi) is 6.10. The number of hydrogen-bond donors (Lipinski definition) is 1. The highest BCUT2D eigenvalue weighted by Crippen LogP contribution is 2.21. The number of pyridine rings is 1. The van der Waals surface area contributed by atoms with Gasteiger partial charge in [0.15, 0.2) is 11.6 Å². The first kappa shape index (κ1) is 17.4. The lowest BCUT2D eigenvalue weighted by molar-refractivity contribution is 0.418. The van der Waals surface area contributed by atoms with Crippen molar-refractivity contribution >= 4 is 5.82 Å². The van der Waals surface area contributed by atoms with Gasteiger partial charge in [0, 0.05) is 36.9 Å². The average molecular weight is 292 g/mol. The van der Waals surface area contributed by atoms with Crippen LogP contribution >= 0.6 is 0 Å². The zero-order chi connectivity index (χ0) is 16.0. The third kappa shape index (κ3) is 5.31. The van der Waals surface area contributed by atoms with Gasteiger partial charge in [0.25, 0.3) is 0 Å². The Balaban J connectivity index is 2.95. The summed E-state index contributed by atoms with van der Waals surface area (Å²) in [5.74, 6) is -0.142. The molecule has 4 nitrogen and oxygen atoms in total. The van der Waals surface area contributed by atoms with Crippen LogP contribution in [0.15, 0.2) is 12.3 Å². The van der Waals surface area contributed by atoms with Gasteiger partial charge in [-0.1, -0.05) is 0 Å². The fourth-order valence-electron chi connectivity index (χ4n) is 1.93. The van der Waals surface area contributed by atoms with Crippen LogP contribution in [0.2, 0.25) is 0 Å². The average Bonchev–Trinajstić information content (AvgIpc) is 2.42. The molecular formula is C16H25FN4. The van der Waals surface area contributed by atoms with Gasteiger partial charge in [-0.05, 0) is 40.7 Å². The van der Waals surface area contributed by atoms with Gasteiger partial charge in [-0.3, -0.25) is 0 Å². The second kappa shape index (κ2) is 7.37. The Hall–Kier alpha value is -1.67. The minimum atomic E-state index is -0.304. The molecule has 1 aromatic heterocycles. The van der Waals surface area contributed by atoms with Crippen molar-refractivity contribution in [3.63, 3.8) is 0 Å². The molecular weight excluding hydrogens is 267 g/mol. The number of hydrogen-bond acceptors (Lipinski definition) is 4. The molecule has 0 radical (unpaired) electrons. The van der Waals surface area contributed by atoms with E-state index in [1.165, 1.54) is 0 Å². The second-order valence-corrected chi connectivity index (χ2v) is 6.28. The molecule has 0 saturated carbocycles. The molecule has 0 spiro atoms. The summed E-state index contributed by atoms with van der Waals surface area (Å²) in [4.78, 5) is 5.96. The molecule has 0 aliphatic rings.